The lowest BCUT2D eigenvalue weighted by molar-refractivity contribution is 0.385. The van der Waals surface area contributed by atoms with Crippen LogP contribution >= 0.6 is 0 Å². The van der Waals surface area contributed by atoms with Crippen molar-refractivity contribution in [2.75, 3.05) is 0 Å². The zero-order valence-corrected chi connectivity index (χ0v) is 16.0. The van der Waals surface area contributed by atoms with Crippen molar-refractivity contribution in [1.82, 2.24) is 0 Å². The largest absolute Gasteiger partial charge is 0.206 e. The number of fused-ring (bicyclic) bond motifs is 1. The molecular formula is C25H20F4. The summed E-state index contributed by atoms with van der Waals surface area (Å²) in [6, 6.07) is 10.7. The van der Waals surface area contributed by atoms with E-state index in [2.05, 4.69) is 11.8 Å². The first kappa shape index (κ1) is 19.5. The fraction of sp³-hybridized carbons (Fsp3) is 0.280. The zero-order chi connectivity index (χ0) is 20.5. The molecule has 0 aliphatic heterocycles. The summed E-state index contributed by atoms with van der Waals surface area (Å²) in [6.07, 6.45) is 3.46. The van der Waals surface area contributed by atoms with Crippen LogP contribution in [0.5, 0.6) is 0 Å². The van der Waals surface area contributed by atoms with Gasteiger partial charge in [0.1, 0.15) is 11.6 Å². The zero-order valence-electron chi connectivity index (χ0n) is 16.0. The van der Waals surface area contributed by atoms with E-state index in [0.717, 1.165) is 37.3 Å². The fourth-order valence-corrected chi connectivity index (χ4v) is 4.10. The monoisotopic (exact) mass is 396 g/mol. The van der Waals surface area contributed by atoms with Crippen molar-refractivity contribution < 1.29 is 17.6 Å². The summed E-state index contributed by atoms with van der Waals surface area (Å²) < 4.78 is 55.1. The predicted molar refractivity (Wildman–Crippen MR) is 107 cm³/mol. The molecule has 0 saturated heterocycles. The van der Waals surface area contributed by atoms with E-state index in [1.165, 1.54) is 12.1 Å². The molecule has 0 bridgehead atoms. The molecule has 1 fully saturated rings. The van der Waals surface area contributed by atoms with E-state index in [9.17, 15) is 17.6 Å². The Morgan fingerprint density at radius 1 is 0.793 bits per heavy atom. The molecule has 148 valence electrons. The minimum Gasteiger partial charge on any atom is -0.206 e. The number of rotatable bonds is 1. The van der Waals surface area contributed by atoms with Crippen LogP contribution in [0.2, 0.25) is 0 Å². The van der Waals surface area contributed by atoms with Crippen LogP contribution < -0.4 is 0 Å². The third-order valence-corrected chi connectivity index (χ3v) is 5.72. The second-order valence-corrected chi connectivity index (χ2v) is 7.76. The topological polar surface area (TPSA) is 0 Å². The first-order valence-electron chi connectivity index (χ1n) is 9.77. The molecule has 29 heavy (non-hydrogen) atoms. The smallest absolute Gasteiger partial charge is 0.166 e. The summed E-state index contributed by atoms with van der Waals surface area (Å²) in [4.78, 5) is 0. The Bertz CT molecular complexity index is 1110. The van der Waals surface area contributed by atoms with Crippen LogP contribution in [0.4, 0.5) is 17.6 Å². The van der Waals surface area contributed by atoms with Crippen molar-refractivity contribution in [1.29, 1.82) is 0 Å². The molecule has 3 aromatic carbocycles. The van der Waals surface area contributed by atoms with Crippen molar-refractivity contribution in [3.05, 3.63) is 82.4 Å². The van der Waals surface area contributed by atoms with Gasteiger partial charge in [0.05, 0.1) is 5.56 Å². The molecule has 0 spiro atoms. The predicted octanol–water partition coefficient (Wildman–Crippen LogP) is 7.03. The summed E-state index contributed by atoms with van der Waals surface area (Å²) >= 11 is 0. The molecule has 1 aliphatic carbocycles. The average Bonchev–Trinajstić information content (AvgIpc) is 2.70. The maximum atomic E-state index is 13.9. The minimum absolute atomic E-state index is 0.0957. The number of aryl methyl sites for hydroxylation is 1. The molecule has 4 heteroatoms. The number of hydrogen-bond donors (Lipinski definition) is 0. The highest BCUT2D eigenvalue weighted by atomic mass is 19.2. The highest BCUT2D eigenvalue weighted by molar-refractivity contribution is 5.84. The lowest BCUT2D eigenvalue weighted by Gasteiger charge is -2.26. The molecule has 0 atom stereocenters. The van der Waals surface area contributed by atoms with Gasteiger partial charge in [-0.25, -0.2) is 17.6 Å². The molecular weight excluding hydrogens is 376 g/mol. The third-order valence-electron chi connectivity index (χ3n) is 5.72. The van der Waals surface area contributed by atoms with Gasteiger partial charge in [0, 0.05) is 11.3 Å². The molecule has 1 aliphatic rings. The van der Waals surface area contributed by atoms with Crippen LogP contribution in [0.1, 0.15) is 48.3 Å². The normalized spacial score (nSPS) is 19.1. The van der Waals surface area contributed by atoms with Gasteiger partial charge in [-0.05, 0) is 73.2 Å². The lowest BCUT2D eigenvalue weighted by atomic mass is 9.78. The molecule has 0 heterocycles. The molecule has 0 aromatic heterocycles. The van der Waals surface area contributed by atoms with Gasteiger partial charge in [0.2, 0.25) is 0 Å². The first-order chi connectivity index (χ1) is 13.9. The summed E-state index contributed by atoms with van der Waals surface area (Å²) in [7, 11) is 0. The van der Waals surface area contributed by atoms with Gasteiger partial charge in [-0.2, -0.15) is 0 Å². The van der Waals surface area contributed by atoms with E-state index in [0.29, 0.717) is 16.9 Å². The van der Waals surface area contributed by atoms with Crippen LogP contribution in [0.25, 0.3) is 10.8 Å². The Morgan fingerprint density at radius 2 is 1.48 bits per heavy atom. The fourth-order valence-electron chi connectivity index (χ4n) is 4.10. The number of halogens is 4. The van der Waals surface area contributed by atoms with Gasteiger partial charge in [-0.15, -0.1) is 0 Å². The first-order valence-corrected chi connectivity index (χ1v) is 9.77. The molecule has 0 radical (unpaired) electrons. The summed E-state index contributed by atoms with van der Waals surface area (Å²) in [5.74, 6) is 3.24. The van der Waals surface area contributed by atoms with E-state index in [4.69, 9.17) is 0 Å². The lowest BCUT2D eigenvalue weighted by Crippen LogP contribution is -2.12. The Morgan fingerprint density at radius 3 is 2.17 bits per heavy atom. The quantitative estimate of drug-likeness (QED) is 0.306. The standard InChI is InChI=1S/C25H20F4/c1-15-12-23(27)21(24(28)13-15)9-4-16-2-5-17(6-3-16)18-7-10-20-19(14-18)8-11-22(26)25(20)29/h7-8,10-14,16-17H,2-3,5-6H2,1H3. The van der Waals surface area contributed by atoms with Gasteiger partial charge >= 0.3 is 0 Å². The van der Waals surface area contributed by atoms with Gasteiger partial charge in [0.25, 0.3) is 0 Å². The van der Waals surface area contributed by atoms with Gasteiger partial charge in [0.15, 0.2) is 11.6 Å². The highest BCUT2D eigenvalue weighted by Crippen LogP contribution is 2.37. The summed E-state index contributed by atoms with van der Waals surface area (Å²) in [6.45, 7) is 1.64. The van der Waals surface area contributed by atoms with Crippen LogP contribution in [0, 0.1) is 48.0 Å². The minimum atomic E-state index is -0.842. The summed E-state index contributed by atoms with van der Waals surface area (Å²) in [5, 5.41) is 0.976. The maximum Gasteiger partial charge on any atom is 0.166 e. The van der Waals surface area contributed by atoms with E-state index >= 15 is 0 Å². The van der Waals surface area contributed by atoms with E-state index in [1.807, 2.05) is 12.1 Å². The molecule has 0 amide bonds. The van der Waals surface area contributed by atoms with E-state index < -0.39 is 23.3 Å². The van der Waals surface area contributed by atoms with Crippen LogP contribution in [0.3, 0.4) is 0 Å². The van der Waals surface area contributed by atoms with Gasteiger partial charge in [-0.3, -0.25) is 0 Å². The number of benzene rings is 3. The van der Waals surface area contributed by atoms with Gasteiger partial charge in [-0.1, -0.05) is 36.1 Å². The van der Waals surface area contributed by atoms with E-state index in [-0.39, 0.29) is 16.9 Å². The van der Waals surface area contributed by atoms with Crippen LogP contribution in [0.15, 0.2) is 42.5 Å². The van der Waals surface area contributed by atoms with E-state index in [1.54, 1.807) is 19.1 Å². The van der Waals surface area contributed by atoms with Gasteiger partial charge < -0.3 is 0 Å². The van der Waals surface area contributed by atoms with Crippen molar-refractivity contribution in [2.45, 2.75) is 38.5 Å². The second kappa shape index (κ2) is 7.91. The molecule has 0 nitrogen and oxygen atoms in total. The molecule has 3 aromatic rings. The van der Waals surface area contributed by atoms with Crippen LogP contribution in [-0.4, -0.2) is 0 Å². The SMILES string of the molecule is Cc1cc(F)c(C#CC2CCC(c3ccc4c(F)c(F)ccc4c3)CC2)c(F)c1. The Kier molecular flexibility index (Phi) is 5.32. The number of hydrogen-bond acceptors (Lipinski definition) is 0. The maximum absolute atomic E-state index is 13.9. The Balaban J connectivity index is 1.47. The second-order valence-electron chi connectivity index (χ2n) is 7.76. The average molecular weight is 396 g/mol. The van der Waals surface area contributed by atoms with Crippen LogP contribution in [-0.2, 0) is 0 Å². The molecule has 0 N–H and O–H groups in total. The molecule has 1 saturated carbocycles. The molecule has 0 unspecified atom stereocenters. The van der Waals surface area contributed by atoms with Crippen molar-refractivity contribution in [3.63, 3.8) is 0 Å². The summed E-state index contributed by atoms with van der Waals surface area (Å²) in [5.41, 5.74) is 1.47. The third kappa shape index (κ3) is 4.00. The Hall–Kier alpha value is -2.80. The highest BCUT2D eigenvalue weighted by Gasteiger charge is 2.22. The Labute approximate surface area is 167 Å². The van der Waals surface area contributed by atoms with Crippen molar-refractivity contribution >= 4 is 10.8 Å². The van der Waals surface area contributed by atoms with Crippen molar-refractivity contribution in [2.24, 2.45) is 5.92 Å². The molecule has 4 rings (SSSR count). The van der Waals surface area contributed by atoms with Crippen molar-refractivity contribution in [3.8, 4) is 11.8 Å².